The van der Waals surface area contributed by atoms with Gasteiger partial charge in [-0.15, -0.1) is 11.3 Å². The van der Waals surface area contributed by atoms with Crippen molar-refractivity contribution < 1.29 is 19.1 Å². The molecule has 4 N–H and O–H groups in total. The van der Waals surface area contributed by atoms with Gasteiger partial charge in [0.1, 0.15) is 5.69 Å². The lowest BCUT2D eigenvalue weighted by molar-refractivity contribution is -0.130. The van der Waals surface area contributed by atoms with E-state index in [1.54, 1.807) is 12.3 Å². The zero-order chi connectivity index (χ0) is 17.9. The lowest BCUT2D eigenvalue weighted by Crippen LogP contribution is -2.46. The summed E-state index contributed by atoms with van der Waals surface area (Å²) in [5.74, 6) is -0.567. The molecule has 1 aliphatic heterocycles. The number of nitrogens with two attached hydrogens (primary N) is 1. The van der Waals surface area contributed by atoms with Crippen LogP contribution in [0.2, 0.25) is 0 Å². The number of hydrogen-bond donors (Lipinski definition) is 3. The lowest BCUT2D eigenvalue weighted by atomic mass is 9.79. The predicted molar refractivity (Wildman–Crippen MR) is 93.4 cm³/mol. The molecule has 1 amide bonds. The monoisotopic (exact) mass is 364 g/mol. The summed E-state index contributed by atoms with van der Waals surface area (Å²) in [5, 5.41) is 5.18. The fraction of sp³-hybridized carbons (Fsp3) is 0.438. The Bertz CT molecular complexity index is 764. The highest BCUT2D eigenvalue weighted by atomic mass is 32.1. The van der Waals surface area contributed by atoms with Gasteiger partial charge in [-0.05, 0) is 18.9 Å². The molecule has 1 aliphatic rings. The van der Waals surface area contributed by atoms with Gasteiger partial charge in [0, 0.05) is 36.9 Å². The van der Waals surface area contributed by atoms with Gasteiger partial charge in [-0.2, -0.15) is 0 Å². The Morgan fingerprint density at radius 3 is 2.92 bits per heavy atom. The first-order valence-electron chi connectivity index (χ1n) is 7.90. The molecule has 25 heavy (non-hydrogen) atoms. The van der Waals surface area contributed by atoms with E-state index in [2.05, 4.69) is 20.0 Å². The van der Waals surface area contributed by atoms with Crippen molar-refractivity contribution in [1.82, 2.24) is 9.97 Å². The third-order valence-corrected chi connectivity index (χ3v) is 5.19. The molecule has 2 aromatic heterocycles. The van der Waals surface area contributed by atoms with Crippen LogP contribution in [0, 0.1) is 5.41 Å². The molecule has 134 valence electrons. The Morgan fingerprint density at radius 2 is 2.24 bits per heavy atom. The van der Waals surface area contributed by atoms with E-state index < -0.39 is 11.4 Å². The standard InChI is InChI=1S/C16H20N4O4S/c1-23-13(21)11-6-10(7-18-11)12-8-25-15(19-12)20-14(22)16(9-17)2-4-24-5-3-16/h6-8,18H,2-5,9,17H2,1H3,(H,19,20,22). The van der Waals surface area contributed by atoms with E-state index >= 15 is 0 Å². The zero-order valence-electron chi connectivity index (χ0n) is 13.8. The van der Waals surface area contributed by atoms with Crippen molar-refractivity contribution in [2.75, 3.05) is 32.2 Å². The first-order chi connectivity index (χ1) is 12.1. The first-order valence-corrected chi connectivity index (χ1v) is 8.78. The van der Waals surface area contributed by atoms with Gasteiger partial charge < -0.3 is 25.5 Å². The number of aromatic nitrogens is 2. The van der Waals surface area contributed by atoms with Crippen LogP contribution in [-0.2, 0) is 14.3 Å². The second-order valence-corrected chi connectivity index (χ2v) is 6.74. The van der Waals surface area contributed by atoms with E-state index in [-0.39, 0.29) is 12.5 Å². The van der Waals surface area contributed by atoms with Gasteiger partial charge in [0.05, 0.1) is 18.2 Å². The van der Waals surface area contributed by atoms with Gasteiger partial charge in [-0.3, -0.25) is 4.79 Å². The fourth-order valence-corrected chi connectivity index (χ4v) is 3.46. The minimum atomic E-state index is -0.601. The van der Waals surface area contributed by atoms with Crippen molar-refractivity contribution in [1.29, 1.82) is 0 Å². The number of amides is 1. The van der Waals surface area contributed by atoms with E-state index in [4.69, 9.17) is 10.5 Å². The minimum absolute atomic E-state index is 0.122. The van der Waals surface area contributed by atoms with Crippen LogP contribution in [0.15, 0.2) is 17.6 Å². The Balaban J connectivity index is 1.72. The first kappa shape index (κ1) is 17.6. The maximum Gasteiger partial charge on any atom is 0.354 e. The van der Waals surface area contributed by atoms with E-state index in [9.17, 15) is 9.59 Å². The van der Waals surface area contributed by atoms with Crippen molar-refractivity contribution in [3.8, 4) is 11.3 Å². The van der Waals surface area contributed by atoms with Gasteiger partial charge in [-0.1, -0.05) is 0 Å². The van der Waals surface area contributed by atoms with Gasteiger partial charge in [0.15, 0.2) is 5.13 Å². The van der Waals surface area contributed by atoms with Gasteiger partial charge in [-0.25, -0.2) is 9.78 Å². The summed E-state index contributed by atoms with van der Waals surface area (Å²) in [5.41, 5.74) is 7.01. The third-order valence-electron chi connectivity index (χ3n) is 4.43. The molecule has 0 aromatic carbocycles. The quantitative estimate of drug-likeness (QED) is 0.694. The van der Waals surface area contributed by atoms with Crippen molar-refractivity contribution >= 4 is 28.3 Å². The molecule has 0 radical (unpaired) electrons. The summed E-state index contributed by atoms with van der Waals surface area (Å²) < 4.78 is 10.00. The predicted octanol–water partition coefficient (Wildman–Crippen LogP) is 1.62. The molecule has 0 atom stereocenters. The van der Waals surface area contributed by atoms with Crippen LogP contribution in [-0.4, -0.2) is 48.7 Å². The van der Waals surface area contributed by atoms with Crippen LogP contribution >= 0.6 is 11.3 Å². The number of nitrogens with zero attached hydrogens (tertiary/aromatic N) is 1. The van der Waals surface area contributed by atoms with Gasteiger partial charge >= 0.3 is 5.97 Å². The molecule has 9 heteroatoms. The van der Waals surface area contributed by atoms with Gasteiger partial charge in [0.2, 0.25) is 5.91 Å². The van der Waals surface area contributed by atoms with Crippen LogP contribution in [0.1, 0.15) is 23.3 Å². The molecule has 3 heterocycles. The van der Waals surface area contributed by atoms with Crippen molar-refractivity contribution in [2.45, 2.75) is 12.8 Å². The van der Waals surface area contributed by atoms with Crippen LogP contribution in [0.3, 0.4) is 0 Å². The average Bonchev–Trinajstić information content (AvgIpc) is 3.31. The molecule has 3 rings (SSSR count). The van der Waals surface area contributed by atoms with E-state index in [0.717, 1.165) is 5.56 Å². The smallest absolute Gasteiger partial charge is 0.354 e. The number of carbonyl (C=O) groups is 2. The maximum absolute atomic E-state index is 12.7. The number of rotatable bonds is 5. The molecule has 1 fully saturated rings. The second kappa shape index (κ2) is 7.34. The summed E-state index contributed by atoms with van der Waals surface area (Å²) in [6, 6.07) is 1.66. The molecule has 0 bridgehead atoms. The van der Waals surface area contributed by atoms with Crippen LogP contribution in [0.4, 0.5) is 5.13 Å². The molecule has 1 saturated heterocycles. The SMILES string of the molecule is COC(=O)c1cc(-c2csc(NC(=O)C3(CN)CCOCC3)n2)c[nH]1. The number of ether oxygens (including phenoxy) is 2. The molecule has 0 saturated carbocycles. The summed E-state index contributed by atoms with van der Waals surface area (Å²) in [4.78, 5) is 31.4. The topological polar surface area (TPSA) is 119 Å². The normalized spacial score (nSPS) is 16.4. The van der Waals surface area contributed by atoms with Crippen LogP contribution in [0.25, 0.3) is 11.3 Å². The Labute approximate surface area is 148 Å². The fourth-order valence-electron chi connectivity index (χ4n) is 2.75. The molecular formula is C16H20N4O4S. The number of methoxy groups -OCH3 is 1. The highest BCUT2D eigenvalue weighted by Crippen LogP contribution is 2.32. The maximum atomic E-state index is 12.7. The second-order valence-electron chi connectivity index (χ2n) is 5.88. The third kappa shape index (κ3) is 3.58. The Hall–Kier alpha value is -2.23. The Morgan fingerprint density at radius 1 is 1.48 bits per heavy atom. The number of hydrogen-bond acceptors (Lipinski definition) is 7. The molecule has 0 spiro atoms. The molecular weight excluding hydrogens is 344 g/mol. The zero-order valence-corrected chi connectivity index (χ0v) is 14.6. The number of nitrogens with one attached hydrogen (secondary N) is 2. The van der Waals surface area contributed by atoms with E-state index in [1.807, 2.05) is 5.38 Å². The largest absolute Gasteiger partial charge is 0.464 e. The lowest BCUT2D eigenvalue weighted by Gasteiger charge is -2.34. The van der Waals surface area contributed by atoms with Crippen molar-refractivity contribution in [3.63, 3.8) is 0 Å². The van der Waals surface area contributed by atoms with Crippen LogP contribution in [0.5, 0.6) is 0 Å². The number of esters is 1. The molecule has 0 aliphatic carbocycles. The minimum Gasteiger partial charge on any atom is -0.464 e. The van der Waals surface area contributed by atoms with Crippen molar-refractivity contribution in [3.05, 3.63) is 23.3 Å². The summed E-state index contributed by atoms with van der Waals surface area (Å²) in [6.45, 7) is 1.35. The number of carbonyl (C=O) groups excluding carboxylic acids is 2. The summed E-state index contributed by atoms with van der Waals surface area (Å²) in [6.07, 6.45) is 2.88. The summed E-state index contributed by atoms with van der Waals surface area (Å²) in [7, 11) is 1.32. The Kier molecular flexibility index (Phi) is 5.16. The molecule has 8 nitrogen and oxygen atoms in total. The number of anilines is 1. The molecule has 2 aromatic rings. The summed E-state index contributed by atoms with van der Waals surface area (Å²) >= 11 is 1.32. The highest BCUT2D eigenvalue weighted by molar-refractivity contribution is 7.14. The highest BCUT2D eigenvalue weighted by Gasteiger charge is 2.39. The average molecular weight is 364 g/mol. The number of H-pyrrole nitrogens is 1. The van der Waals surface area contributed by atoms with E-state index in [0.29, 0.717) is 42.6 Å². The van der Waals surface area contributed by atoms with Gasteiger partial charge in [0.25, 0.3) is 0 Å². The molecule has 0 unspecified atom stereocenters. The van der Waals surface area contributed by atoms with Crippen molar-refractivity contribution in [2.24, 2.45) is 11.1 Å². The number of aromatic amines is 1. The number of thiazole rings is 1. The van der Waals surface area contributed by atoms with Crippen LogP contribution < -0.4 is 11.1 Å². The van der Waals surface area contributed by atoms with E-state index in [1.165, 1.54) is 18.4 Å².